The van der Waals surface area contributed by atoms with Gasteiger partial charge in [-0.15, -0.1) is 0 Å². The molecular formula is C27H30N2O5. The van der Waals surface area contributed by atoms with Crippen LogP contribution in [0.2, 0.25) is 0 Å². The summed E-state index contributed by atoms with van der Waals surface area (Å²) in [5.41, 5.74) is 4.59. The largest absolute Gasteiger partial charge is 0.481 e. The van der Waals surface area contributed by atoms with Crippen LogP contribution < -0.4 is 10.6 Å². The van der Waals surface area contributed by atoms with Gasteiger partial charge in [0, 0.05) is 12.0 Å². The number of fused-ring (bicyclic) bond motifs is 4. The van der Waals surface area contributed by atoms with Crippen molar-refractivity contribution in [1.29, 1.82) is 0 Å². The van der Waals surface area contributed by atoms with E-state index in [2.05, 4.69) is 34.9 Å². The first-order valence-electron chi connectivity index (χ1n) is 12.1. The van der Waals surface area contributed by atoms with E-state index in [1.807, 2.05) is 31.2 Å². The van der Waals surface area contributed by atoms with E-state index >= 15 is 0 Å². The number of benzene rings is 2. The molecule has 3 aliphatic carbocycles. The Bertz CT molecular complexity index is 1070. The summed E-state index contributed by atoms with van der Waals surface area (Å²) in [7, 11) is 0. The third-order valence-electron chi connectivity index (χ3n) is 7.86. The first kappa shape index (κ1) is 22.4. The fraction of sp³-hybridized carbons (Fsp3) is 0.444. The fourth-order valence-corrected chi connectivity index (χ4v) is 6.01. The van der Waals surface area contributed by atoms with Crippen molar-refractivity contribution >= 4 is 18.0 Å². The van der Waals surface area contributed by atoms with Gasteiger partial charge >= 0.3 is 12.1 Å². The Kier molecular flexibility index (Phi) is 6.02. The second-order valence-corrected chi connectivity index (χ2v) is 9.71. The van der Waals surface area contributed by atoms with Gasteiger partial charge in [0.25, 0.3) is 0 Å². The highest BCUT2D eigenvalue weighted by molar-refractivity contribution is 5.86. The number of carbonyl (C=O) groups is 3. The Morgan fingerprint density at radius 3 is 2.26 bits per heavy atom. The van der Waals surface area contributed by atoms with Crippen LogP contribution in [-0.4, -0.2) is 41.8 Å². The number of hydrogen-bond donors (Lipinski definition) is 3. The van der Waals surface area contributed by atoms with Gasteiger partial charge in [-0.3, -0.25) is 9.59 Å². The quantitative estimate of drug-likeness (QED) is 0.579. The standard InChI is InChI=1S/C27H30N2O5/c1-2-23(25(30)28-24-13-15-11-16(26(31)32)12-21(15)24)29-27(33)34-14-22-19-9-5-3-7-17(19)18-8-4-6-10-20(18)22/h3-10,15-16,21-24H,2,11-14H2,1H3,(H,28,30)(H,29,33)(H,31,32)/t15-,16?,21-,23?,24+/m0/s1. The molecule has 7 heteroatoms. The smallest absolute Gasteiger partial charge is 0.407 e. The lowest BCUT2D eigenvalue weighted by Crippen LogP contribution is -2.55. The summed E-state index contributed by atoms with van der Waals surface area (Å²) >= 11 is 0. The molecule has 178 valence electrons. The van der Waals surface area contributed by atoms with Gasteiger partial charge in [-0.2, -0.15) is 0 Å². The fourth-order valence-electron chi connectivity index (χ4n) is 6.01. The lowest BCUT2D eigenvalue weighted by molar-refractivity contribution is -0.141. The average molecular weight is 463 g/mol. The van der Waals surface area contributed by atoms with Crippen LogP contribution in [0.15, 0.2) is 48.5 Å². The number of aliphatic carboxylic acids is 1. The van der Waals surface area contributed by atoms with Crippen molar-refractivity contribution in [1.82, 2.24) is 10.6 Å². The third kappa shape index (κ3) is 4.04. The lowest BCUT2D eigenvalue weighted by atomic mass is 9.71. The Hall–Kier alpha value is -3.35. The third-order valence-corrected chi connectivity index (χ3v) is 7.86. The molecule has 0 radical (unpaired) electrons. The normalized spacial score (nSPS) is 25.3. The molecule has 3 N–H and O–H groups in total. The van der Waals surface area contributed by atoms with Crippen LogP contribution >= 0.6 is 0 Å². The maximum absolute atomic E-state index is 12.8. The van der Waals surface area contributed by atoms with Crippen molar-refractivity contribution < 1.29 is 24.2 Å². The zero-order valence-corrected chi connectivity index (χ0v) is 19.2. The molecule has 2 aromatic rings. The Morgan fingerprint density at radius 1 is 1.00 bits per heavy atom. The summed E-state index contributed by atoms with van der Waals surface area (Å²) in [6, 6.07) is 15.6. The van der Waals surface area contributed by atoms with E-state index in [1.54, 1.807) is 0 Å². The second kappa shape index (κ2) is 9.12. The maximum atomic E-state index is 12.8. The summed E-state index contributed by atoms with van der Waals surface area (Å²) in [6.45, 7) is 2.04. The van der Waals surface area contributed by atoms with Crippen LogP contribution in [0.1, 0.15) is 49.7 Å². The number of carboxylic acids is 1. The summed E-state index contributed by atoms with van der Waals surface area (Å²) in [6.07, 6.45) is 1.95. The highest BCUT2D eigenvalue weighted by atomic mass is 16.5. The first-order valence-corrected chi connectivity index (χ1v) is 12.1. The number of carboxylic acid groups (broad SMARTS) is 1. The maximum Gasteiger partial charge on any atom is 0.407 e. The van der Waals surface area contributed by atoms with Crippen molar-refractivity contribution in [3.8, 4) is 11.1 Å². The Balaban J connectivity index is 1.15. The highest BCUT2D eigenvalue weighted by Crippen LogP contribution is 2.49. The predicted molar refractivity (Wildman–Crippen MR) is 126 cm³/mol. The molecule has 2 fully saturated rings. The van der Waals surface area contributed by atoms with Crippen LogP contribution in [0.25, 0.3) is 11.1 Å². The van der Waals surface area contributed by atoms with E-state index in [0.29, 0.717) is 25.2 Å². The molecule has 0 bridgehead atoms. The summed E-state index contributed by atoms with van der Waals surface area (Å²) in [5.74, 6) is -0.735. The van der Waals surface area contributed by atoms with Gasteiger partial charge in [-0.25, -0.2) is 4.79 Å². The van der Waals surface area contributed by atoms with Crippen molar-refractivity contribution in [2.24, 2.45) is 17.8 Å². The minimum atomic E-state index is -0.747. The Morgan fingerprint density at radius 2 is 1.65 bits per heavy atom. The van der Waals surface area contributed by atoms with E-state index < -0.39 is 18.1 Å². The molecule has 3 aliphatic rings. The minimum Gasteiger partial charge on any atom is -0.481 e. The zero-order chi connectivity index (χ0) is 23.8. The van der Waals surface area contributed by atoms with E-state index in [0.717, 1.165) is 28.7 Å². The monoisotopic (exact) mass is 462 g/mol. The number of alkyl carbamates (subject to hydrolysis) is 1. The van der Waals surface area contributed by atoms with Crippen molar-refractivity contribution in [3.05, 3.63) is 59.7 Å². The van der Waals surface area contributed by atoms with Gasteiger partial charge in [0.15, 0.2) is 0 Å². The Labute approximate surface area is 198 Å². The predicted octanol–water partition coefficient (Wildman–Crippen LogP) is 3.92. The van der Waals surface area contributed by atoms with Gasteiger partial charge in [-0.05, 0) is 59.8 Å². The van der Waals surface area contributed by atoms with Gasteiger partial charge < -0.3 is 20.5 Å². The van der Waals surface area contributed by atoms with Crippen LogP contribution in [0.4, 0.5) is 4.79 Å². The molecule has 2 aromatic carbocycles. The first-order chi connectivity index (χ1) is 16.5. The molecule has 0 spiro atoms. The molecule has 0 aliphatic heterocycles. The topological polar surface area (TPSA) is 105 Å². The summed E-state index contributed by atoms with van der Waals surface area (Å²) in [5, 5.41) is 15.0. The van der Waals surface area contributed by atoms with Gasteiger partial charge in [0.2, 0.25) is 5.91 Å². The van der Waals surface area contributed by atoms with Crippen LogP contribution in [0.5, 0.6) is 0 Å². The zero-order valence-electron chi connectivity index (χ0n) is 19.2. The van der Waals surface area contributed by atoms with E-state index in [4.69, 9.17) is 4.74 Å². The lowest BCUT2D eigenvalue weighted by Gasteiger charge is -2.41. The van der Waals surface area contributed by atoms with Crippen LogP contribution in [0.3, 0.4) is 0 Å². The molecule has 0 saturated heterocycles. The van der Waals surface area contributed by atoms with E-state index in [9.17, 15) is 19.5 Å². The van der Waals surface area contributed by atoms with Gasteiger partial charge in [-0.1, -0.05) is 55.5 Å². The molecular weight excluding hydrogens is 432 g/mol. The molecule has 0 heterocycles. The SMILES string of the molecule is CCC(NC(=O)OCC1c2ccccc2-c2ccccc21)C(=O)N[C@@H]1C[C@@H]2CC(C(=O)O)C[C@@H]21. The number of hydrogen-bond acceptors (Lipinski definition) is 4. The molecule has 2 amide bonds. The van der Waals surface area contributed by atoms with E-state index in [-0.39, 0.29) is 36.3 Å². The molecule has 34 heavy (non-hydrogen) atoms. The number of nitrogens with one attached hydrogen (secondary N) is 2. The number of carbonyl (C=O) groups excluding carboxylic acids is 2. The average Bonchev–Trinajstić information content (AvgIpc) is 3.34. The van der Waals surface area contributed by atoms with Crippen molar-refractivity contribution in [2.75, 3.05) is 6.61 Å². The summed E-state index contributed by atoms with van der Waals surface area (Å²) < 4.78 is 5.58. The molecule has 7 nitrogen and oxygen atoms in total. The number of ether oxygens (including phenoxy) is 1. The molecule has 2 saturated carbocycles. The molecule has 5 rings (SSSR count). The molecule has 0 aromatic heterocycles. The minimum absolute atomic E-state index is 0.0137. The number of rotatable bonds is 7. The van der Waals surface area contributed by atoms with Crippen LogP contribution in [-0.2, 0) is 14.3 Å². The number of amides is 2. The summed E-state index contributed by atoms with van der Waals surface area (Å²) in [4.78, 5) is 36.7. The molecule has 2 unspecified atom stereocenters. The van der Waals surface area contributed by atoms with Crippen molar-refractivity contribution in [3.63, 3.8) is 0 Å². The molecule has 5 atom stereocenters. The van der Waals surface area contributed by atoms with Crippen LogP contribution in [0, 0.1) is 17.8 Å². The van der Waals surface area contributed by atoms with Gasteiger partial charge in [0.05, 0.1) is 5.92 Å². The second-order valence-electron chi connectivity index (χ2n) is 9.71. The highest BCUT2D eigenvalue weighted by Gasteiger charge is 2.50. The van der Waals surface area contributed by atoms with E-state index in [1.165, 1.54) is 0 Å². The van der Waals surface area contributed by atoms with Gasteiger partial charge in [0.1, 0.15) is 12.6 Å². The van der Waals surface area contributed by atoms with Crippen molar-refractivity contribution in [2.45, 2.75) is 50.6 Å².